The lowest BCUT2D eigenvalue weighted by Gasteiger charge is -2.33. The van der Waals surface area contributed by atoms with Gasteiger partial charge in [0.2, 0.25) is 0 Å². The molecule has 0 amide bonds. The molecule has 0 bridgehead atoms. The number of hydrogen-bond acceptors (Lipinski definition) is 3. The molecule has 2 N–H and O–H groups in total. The molecule has 0 unspecified atom stereocenters. The van der Waals surface area contributed by atoms with Crippen LogP contribution < -0.4 is 15.5 Å². The molecular formula is C19H22F4N4S. The number of anilines is 1. The quantitative estimate of drug-likeness (QED) is 0.336. The van der Waals surface area contributed by atoms with Crippen LogP contribution in [0.5, 0.6) is 0 Å². The molecule has 2 heterocycles. The SMILES string of the molecule is CCNC(=NCc1c(F)c(F)cc(F)c1F)NC1CCN(c2cccs2)CC1. The minimum atomic E-state index is -1.43. The van der Waals surface area contributed by atoms with Crippen molar-refractivity contribution in [3.8, 4) is 0 Å². The molecule has 0 aliphatic carbocycles. The monoisotopic (exact) mass is 414 g/mol. The average molecular weight is 414 g/mol. The summed E-state index contributed by atoms with van der Waals surface area (Å²) < 4.78 is 54.3. The zero-order chi connectivity index (χ0) is 20.1. The van der Waals surface area contributed by atoms with Crippen molar-refractivity contribution in [3.63, 3.8) is 0 Å². The lowest BCUT2D eigenvalue weighted by molar-refractivity contribution is 0.438. The van der Waals surface area contributed by atoms with Crippen molar-refractivity contribution in [1.82, 2.24) is 10.6 Å². The van der Waals surface area contributed by atoms with Crippen LogP contribution in [0.15, 0.2) is 28.6 Å². The van der Waals surface area contributed by atoms with Crippen molar-refractivity contribution in [2.75, 3.05) is 24.5 Å². The molecule has 9 heteroatoms. The number of nitrogens with zero attached hydrogens (tertiary/aromatic N) is 2. The number of piperidine rings is 1. The summed E-state index contributed by atoms with van der Waals surface area (Å²) in [5, 5.41) is 9.53. The maximum absolute atomic E-state index is 13.8. The Morgan fingerprint density at radius 1 is 1.18 bits per heavy atom. The number of benzene rings is 1. The second-order valence-corrected chi connectivity index (χ2v) is 7.42. The zero-order valence-electron chi connectivity index (χ0n) is 15.4. The van der Waals surface area contributed by atoms with Crippen molar-refractivity contribution in [2.45, 2.75) is 32.4 Å². The molecule has 0 atom stereocenters. The van der Waals surface area contributed by atoms with Crippen LogP contribution in [0.3, 0.4) is 0 Å². The normalized spacial score (nSPS) is 15.8. The van der Waals surface area contributed by atoms with Gasteiger partial charge in [-0.1, -0.05) is 0 Å². The predicted octanol–water partition coefficient (Wildman–Crippen LogP) is 4.03. The van der Waals surface area contributed by atoms with Crippen LogP contribution in [0, 0.1) is 23.3 Å². The number of halogens is 4. The molecule has 3 rings (SSSR count). The lowest BCUT2D eigenvalue weighted by Crippen LogP contribution is -2.48. The van der Waals surface area contributed by atoms with E-state index in [0.717, 1.165) is 25.9 Å². The first kappa shape index (κ1) is 20.4. The van der Waals surface area contributed by atoms with Gasteiger partial charge < -0.3 is 15.5 Å². The van der Waals surface area contributed by atoms with Crippen LogP contribution in [0.25, 0.3) is 0 Å². The van der Waals surface area contributed by atoms with Crippen molar-refractivity contribution in [3.05, 3.63) is 52.4 Å². The van der Waals surface area contributed by atoms with Crippen molar-refractivity contribution in [1.29, 1.82) is 0 Å². The summed E-state index contributed by atoms with van der Waals surface area (Å²) in [5.74, 6) is -5.32. The molecule has 1 aromatic heterocycles. The highest BCUT2D eigenvalue weighted by molar-refractivity contribution is 7.14. The molecule has 2 aromatic rings. The van der Waals surface area contributed by atoms with E-state index in [9.17, 15) is 17.6 Å². The highest BCUT2D eigenvalue weighted by atomic mass is 32.1. The maximum atomic E-state index is 13.8. The predicted molar refractivity (Wildman–Crippen MR) is 104 cm³/mol. The molecular weight excluding hydrogens is 392 g/mol. The molecule has 4 nitrogen and oxygen atoms in total. The van der Waals surface area contributed by atoms with E-state index in [0.29, 0.717) is 12.5 Å². The summed E-state index contributed by atoms with van der Waals surface area (Å²) in [4.78, 5) is 6.43. The summed E-state index contributed by atoms with van der Waals surface area (Å²) in [7, 11) is 0. The molecule has 1 saturated heterocycles. The number of thiophene rings is 1. The molecule has 0 spiro atoms. The number of guanidine groups is 1. The lowest BCUT2D eigenvalue weighted by atomic mass is 10.1. The summed E-state index contributed by atoms with van der Waals surface area (Å²) in [6.45, 7) is 3.67. The van der Waals surface area contributed by atoms with Gasteiger partial charge in [-0.05, 0) is 37.3 Å². The Bertz CT molecular complexity index is 792. The van der Waals surface area contributed by atoms with Crippen molar-refractivity contribution >= 4 is 22.3 Å². The summed E-state index contributed by atoms with van der Waals surface area (Å²) in [6, 6.07) is 4.45. The first-order chi connectivity index (χ1) is 13.5. The van der Waals surface area contributed by atoms with Crippen molar-refractivity contribution < 1.29 is 17.6 Å². The molecule has 1 aromatic carbocycles. The van der Waals surface area contributed by atoms with Crippen LogP contribution in [-0.4, -0.2) is 31.6 Å². The number of rotatable bonds is 5. The summed E-state index contributed by atoms with van der Waals surface area (Å²) in [5.41, 5.74) is -0.720. The fourth-order valence-corrected chi connectivity index (χ4v) is 3.91. The highest BCUT2D eigenvalue weighted by Crippen LogP contribution is 2.25. The first-order valence-electron chi connectivity index (χ1n) is 9.14. The number of aliphatic imine (C=N–C) groups is 1. The molecule has 0 saturated carbocycles. The third-order valence-corrected chi connectivity index (χ3v) is 5.52. The van der Waals surface area contributed by atoms with Gasteiger partial charge in [0.15, 0.2) is 29.2 Å². The minimum Gasteiger partial charge on any atom is -0.363 e. The second kappa shape index (κ2) is 9.27. The fourth-order valence-electron chi connectivity index (χ4n) is 3.13. The van der Waals surface area contributed by atoms with Crippen molar-refractivity contribution in [2.24, 2.45) is 4.99 Å². The maximum Gasteiger partial charge on any atom is 0.191 e. The fraction of sp³-hybridized carbons (Fsp3) is 0.421. The van der Waals surface area contributed by atoms with E-state index >= 15 is 0 Å². The average Bonchev–Trinajstić information content (AvgIpc) is 3.22. The van der Waals surface area contributed by atoms with Gasteiger partial charge in [-0.2, -0.15) is 0 Å². The Hall–Kier alpha value is -2.29. The Balaban J connectivity index is 1.64. The smallest absolute Gasteiger partial charge is 0.191 e. The molecule has 1 fully saturated rings. The zero-order valence-corrected chi connectivity index (χ0v) is 16.3. The van der Waals surface area contributed by atoms with E-state index in [4.69, 9.17) is 0 Å². The topological polar surface area (TPSA) is 39.7 Å². The molecule has 1 aliphatic heterocycles. The molecule has 152 valence electrons. The van der Waals surface area contributed by atoms with Gasteiger partial charge in [-0.15, -0.1) is 11.3 Å². The number of nitrogens with one attached hydrogen (secondary N) is 2. The van der Waals surface area contributed by atoms with E-state index in [1.807, 2.05) is 18.4 Å². The Kier molecular flexibility index (Phi) is 6.77. The van der Waals surface area contributed by atoms with Gasteiger partial charge in [-0.25, -0.2) is 22.6 Å². The van der Waals surface area contributed by atoms with E-state index in [1.165, 1.54) is 5.00 Å². The molecule has 1 aliphatic rings. The first-order valence-corrected chi connectivity index (χ1v) is 10.0. The minimum absolute atomic E-state index is 0.146. The summed E-state index contributed by atoms with van der Waals surface area (Å²) >= 11 is 1.70. The Labute approximate surface area is 165 Å². The summed E-state index contributed by atoms with van der Waals surface area (Å²) in [6.07, 6.45) is 1.75. The Morgan fingerprint density at radius 2 is 1.86 bits per heavy atom. The van der Waals surface area contributed by atoms with Gasteiger partial charge in [-0.3, -0.25) is 0 Å². The van der Waals surface area contributed by atoms with E-state index in [-0.39, 0.29) is 12.1 Å². The third kappa shape index (κ3) is 4.76. The van der Waals surface area contributed by atoms with Crippen LogP contribution >= 0.6 is 11.3 Å². The standard InChI is InChI=1S/C19H22F4N4S/c1-2-24-19(25-11-13-17(22)14(20)10-15(21)18(13)23)26-12-5-7-27(8-6-12)16-4-3-9-28-16/h3-4,9-10,12H,2,5-8,11H2,1H3,(H2,24,25,26). The largest absolute Gasteiger partial charge is 0.363 e. The molecule has 28 heavy (non-hydrogen) atoms. The van der Waals surface area contributed by atoms with Gasteiger partial charge in [0.1, 0.15) is 0 Å². The van der Waals surface area contributed by atoms with Crippen LogP contribution in [0.1, 0.15) is 25.3 Å². The van der Waals surface area contributed by atoms with Gasteiger partial charge in [0.25, 0.3) is 0 Å². The van der Waals surface area contributed by atoms with Gasteiger partial charge in [0, 0.05) is 31.7 Å². The van der Waals surface area contributed by atoms with Crippen LogP contribution in [0.2, 0.25) is 0 Å². The second-order valence-electron chi connectivity index (χ2n) is 6.50. The van der Waals surface area contributed by atoms with Gasteiger partial charge >= 0.3 is 0 Å². The van der Waals surface area contributed by atoms with E-state index < -0.39 is 35.4 Å². The van der Waals surface area contributed by atoms with E-state index in [1.54, 1.807) is 11.3 Å². The molecule has 0 radical (unpaired) electrons. The van der Waals surface area contributed by atoms with E-state index in [2.05, 4.69) is 26.6 Å². The van der Waals surface area contributed by atoms with Crippen LogP contribution in [0.4, 0.5) is 22.6 Å². The van der Waals surface area contributed by atoms with Gasteiger partial charge in [0.05, 0.1) is 17.1 Å². The third-order valence-electron chi connectivity index (χ3n) is 4.60. The highest BCUT2D eigenvalue weighted by Gasteiger charge is 2.22. The van der Waals surface area contributed by atoms with Crippen LogP contribution in [-0.2, 0) is 6.54 Å². The number of hydrogen-bond donors (Lipinski definition) is 2. The Morgan fingerprint density at radius 3 is 2.43 bits per heavy atom.